The van der Waals surface area contributed by atoms with Gasteiger partial charge in [0.15, 0.2) is 5.65 Å². The molecule has 2 aromatic carbocycles. The van der Waals surface area contributed by atoms with E-state index in [0.29, 0.717) is 0 Å². The fourth-order valence-corrected chi connectivity index (χ4v) is 9.42. The van der Waals surface area contributed by atoms with Gasteiger partial charge in [0.05, 0.1) is 11.4 Å². The monoisotopic (exact) mass is 790 g/mol. The lowest BCUT2D eigenvalue weighted by atomic mass is 9.82. The molecule has 0 saturated heterocycles. The predicted octanol–water partition coefficient (Wildman–Crippen LogP) is 11.9. The van der Waals surface area contributed by atoms with Crippen molar-refractivity contribution in [2.75, 3.05) is 18.0 Å². The molecule has 7 nitrogen and oxygen atoms in total. The van der Waals surface area contributed by atoms with Gasteiger partial charge < -0.3 is 19.6 Å². The van der Waals surface area contributed by atoms with Gasteiger partial charge in [-0.25, -0.2) is 4.98 Å². The standard InChI is InChI=1S/C52H67N7/c1-13-19-36(3)33-43(38(5)14-2)57-30-29-56-26-18-17-25-55-28-31-58(44-34-37(4)32-39(6)42(44)35-46(56)57)45(55)23-22-40-20-15-16-21-41(40)47-50-54-48(51(7,8)9)49(52(10,11)12)59(50)27-24-53-47/h14-16,19-21,24,27-34,45-46H,2,5,13,17-18,22-23,25-26,35H2,1,3-4,6-12H3/b36-19-,43-33+/t45-,46?/m1/s1. The molecule has 0 radical (unpaired) electrons. The Morgan fingerprint density at radius 1 is 0.932 bits per heavy atom. The summed E-state index contributed by atoms with van der Waals surface area (Å²) in [5, 5.41) is 0. The molecule has 3 aliphatic rings. The highest BCUT2D eigenvalue weighted by molar-refractivity contribution is 5.77. The van der Waals surface area contributed by atoms with E-state index in [1.54, 1.807) is 0 Å². The van der Waals surface area contributed by atoms with Crippen molar-refractivity contribution in [1.82, 2.24) is 29.1 Å². The lowest BCUT2D eigenvalue weighted by Crippen LogP contribution is -2.43. The van der Waals surface area contributed by atoms with Crippen LogP contribution in [-0.4, -0.2) is 54.5 Å². The van der Waals surface area contributed by atoms with Crippen molar-refractivity contribution in [3.63, 3.8) is 0 Å². The van der Waals surface area contributed by atoms with Gasteiger partial charge in [0.25, 0.3) is 0 Å². The van der Waals surface area contributed by atoms with Crippen LogP contribution in [-0.2, 0) is 23.7 Å². The molecule has 2 atom stereocenters. The number of rotatable bonds is 9. The van der Waals surface area contributed by atoms with Crippen molar-refractivity contribution in [2.45, 2.75) is 131 Å². The molecule has 0 saturated carbocycles. The second kappa shape index (κ2) is 16.8. The van der Waals surface area contributed by atoms with Gasteiger partial charge >= 0.3 is 0 Å². The number of aromatic nitrogens is 3. The maximum absolute atomic E-state index is 5.37. The number of nitrogens with zero attached hydrogens (tertiary/aromatic N) is 7. The number of hydrogen-bond acceptors (Lipinski definition) is 6. The minimum Gasteiger partial charge on any atom is -0.356 e. The summed E-state index contributed by atoms with van der Waals surface area (Å²) in [4.78, 5) is 20.6. The normalized spacial score (nSPS) is 18.9. The van der Waals surface area contributed by atoms with Crippen molar-refractivity contribution in [3.05, 3.63) is 155 Å². The van der Waals surface area contributed by atoms with Crippen LogP contribution in [0.5, 0.6) is 0 Å². The number of anilines is 1. The lowest BCUT2D eigenvalue weighted by Gasteiger charge is -2.39. The third kappa shape index (κ3) is 8.44. The molecule has 0 N–H and O–H groups in total. The maximum Gasteiger partial charge on any atom is 0.164 e. The van der Waals surface area contributed by atoms with E-state index in [1.165, 1.54) is 39.2 Å². The molecule has 0 amide bonds. The molecule has 59 heavy (non-hydrogen) atoms. The molecule has 1 unspecified atom stereocenters. The van der Waals surface area contributed by atoms with Crippen molar-refractivity contribution in [1.29, 1.82) is 0 Å². The van der Waals surface area contributed by atoms with Crippen LogP contribution in [0.25, 0.3) is 16.9 Å². The van der Waals surface area contributed by atoms with Crippen LogP contribution in [0.4, 0.5) is 5.69 Å². The first-order valence-corrected chi connectivity index (χ1v) is 21.8. The Hall–Kier alpha value is -5.30. The molecule has 7 heteroatoms. The number of fused-ring (bicyclic) bond motifs is 6. The van der Waals surface area contributed by atoms with Crippen LogP contribution in [0.15, 0.2) is 122 Å². The van der Waals surface area contributed by atoms with Crippen LogP contribution in [0, 0.1) is 13.8 Å². The van der Waals surface area contributed by atoms with E-state index >= 15 is 0 Å². The van der Waals surface area contributed by atoms with Gasteiger partial charge in [0, 0.05) is 84.5 Å². The van der Waals surface area contributed by atoms with Gasteiger partial charge in [0.2, 0.25) is 0 Å². The van der Waals surface area contributed by atoms with Crippen LogP contribution in [0.3, 0.4) is 0 Å². The summed E-state index contributed by atoms with van der Waals surface area (Å²) in [5.74, 6) is 0. The predicted molar refractivity (Wildman–Crippen MR) is 248 cm³/mol. The molecular weight excluding hydrogens is 723 g/mol. The summed E-state index contributed by atoms with van der Waals surface area (Å²) in [6.07, 6.45) is 26.0. The van der Waals surface area contributed by atoms with Crippen LogP contribution in [0.2, 0.25) is 0 Å². The molecule has 0 spiro atoms. The topological polar surface area (TPSA) is 43.2 Å². The van der Waals surface area contributed by atoms with Crippen molar-refractivity contribution in [3.8, 4) is 11.3 Å². The van der Waals surface area contributed by atoms with E-state index in [-0.39, 0.29) is 23.2 Å². The summed E-state index contributed by atoms with van der Waals surface area (Å²) in [5.41, 5.74) is 15.2. The fraction of sp³-hybridized carbons (Fsp3) is 0.423. The number of benzene rings is 2. The highest BCUT2D eigenvalue weighted by Gasteiger charge is 2.35. The Morgan fingerprint density at radius 3 is 2.37 bits per heavy atom. The Bertz CT molecular complexity index is 2340. The zero-order valence-electron chi connectivity index (χ0n) is 37.5. The Labute approximate surface area is 354 Å². The highest BCUT2D eigenvalue weighted by atomic mass is 15.4. The van der Waals surface area contributed by atoms with Gasteiger partial charge in [-0.2, -0.15) is 0 Å². The summed E-state index contributed by atoms with van der Waals surface area (Å²) in [6.45, 7) is 33.1. The summed E-state index contributed by atoms with van der Waals surface area (Å²) in [6, 6.07) is 13.6. The van der Waals surface area contributed by atoms with E-state index in [2.05, 4.69) is 186 Å². The second-order valence-corrected chi connectivity index (χ2v) is 18.9. The van der Waals surface area contributed by atoms with E-state index in [4.69, 9.17) is 9.97 Å². The quantitative estimate of drug-likeness (QED) is 0.157. The number of hydrogen-bond donors (Lipinski definition) is 0. The van der Waals surface area contributed by atoms with E-state index in [1.807, 2.05) is 12.3 Å². The van der Waals surface area contributed by atoms with E-state index in [9.17, 15) is 0 Å². The smallest absolute Gasteiger partial charge is 0.164 e. The molecular formula is C52H67N7. The molecule has 0 fully saturated rings. The molecule has 7 rings (SSSR count). The number of allylic oxidation sites excluding steroid dienone is 4. The largest absolute Gasteiger partial charge is 0.356 e. The average molecular weight is 790 g/mol. The van der Waals surface area contributed by atoms with Crippen molar-refractivity contribution >= 4 is 11.3 Å². The van der Waals surface area contributed by atoms with E-state index in [0.717, 1.165) is 85.5 Å². The Morgan fingerprint density at radius 2 is 1.66 bits per heavy atom. The first-order chi connectivity index (χ1) is 28.1. The molecule has 3 aliphatic heterocycles. The van der Waals surface area contributed by atoms with Gasteiger partial charge in [-0.1, -0.05) is 110 Å². The van der Waals surface area contributed by atoms with Gasteiger partial charge in [-0.3, -0.25) is 9.38 Å². The number of aryl methyl sites for hydroxylation is 3. The molecule has 5 heterocycles. The SMILES string of the molecule is C=CC(=C)/C(=C\C(C)=C/CC)N1C=CN2CCCCN3C=CN(c4cc(C)cc(C)c4CC21)[C@@H]3CCc1ccccc1-c1nccn2c(C(C)(C)C)c(C(C)(C)C)nc12. The maximum atomic E-state index is 5.37. The van der Waals surface area contributed by atoms with Gasteiger partial charge in [-0.15, -0.1) is 0 Å². The third-order valence-corrected chi connectivity index (χ3v) is 12.2. The minimum absolute atomic E-state index is 0.0783. The Kier molecular flexibility index (Phi) is 11.9. The number of imidazole rings is 1. The molecule has 0 aliphatic carbocycles. The summed E-state index contributed by atoms with van der Waals surface area (Å²) >= 11 is 0. The zero-order chi connectivity index (χ0) is 42.2. The van der Waals surface area contributed by atoms with E-state index < -0.39 is 0 Å². The molecule has 2 aromatic heterocycles. The molecule has 310 valence electrons. The molecule has 2 bridgehead atoms. The van der Waals surface area contributed by atoms with Crippen LogP contribution in [0.1, 0.15) is 115 Å². The molecule has 4 aromatic rings. The van der Waals surface area contributed by atoms with Gasteiger partial charge in [0.1, 0.15) is 18.0 Å². The zero-order valence-corrected chi connectivity index (χ0v) is 37.5. The lowest BCUT2D eigenvalue weighted by molar-refractivity contribution is 0.176. The minimum atomic E-state index is -0.101. The summed E-state index contributed by atoms with van der Waals surface area (Å²) < 4.78 is 2.30. The van der Waals surface area contributed by atoms with Crippen LogP contribution >= 0.6 is 0 Å². The first kappa shape index (κ1) is 41.8. The van der Waals surface area contributed by atoms with Crippen LogP contribution < -0.4 is 4.90 Å². The fourth-order valence-electron chi connectivity index (χ4n) is 9.42. The average Bonchev–Trinajstić information content (AvgIpc) is 3.90. The summed E-state index contributed by atoms with van der Waals surface area (Å²) in [7, 11) is 0. The second-order valence-electron chi connectivity index (χ2n) is 18.9. The van der Waals surface area contributed by atoms with Crippen molar-refractivity contribution < 1.29 is 0 Å². The highest BCUT2D eigenvalue weighted by Crippen LogP contribution is 2.40. The Balaban J connectivity index is 1.25. The third-order valence-electron chi connectivity index (χ3n) is 12.2. The van der Waals surface area contributed by atoms with Gasteiger partial charge in [-0.05, 0) is 92.8 Å². The first-order valence-electron chi connectivity index (χ1n) is 21.8. The van der Waals surface area contributed by atoms with Crippen molar-refractivity contribution in [2.24, 2.45) is 0 Å².